The fraction of sp³-hybridized carbons (Fsp3) is 0.118. The quantitative estimate of drug-likeness (QED) is 0.746. The van der Waals surface area contributed by atoms with Crippen LogP contribution in [0.2, 0.25) is 0 Å². The van der Waals surface area contributed by atoms with Crippen LogP contribution < -0.4 is 15.7 Å². The number of para-hydroxylation sites is 1. The van der Waals surface area contributed by atoms with Gasteiger partial charge in [-0.2, -0.15) is 0 Å². The molecule has 0 amide bonds. The van der Waals surface area contributed by atoms with E-state index >= 15 is 0 Å². The molecule has 3 rings (SSSR count). The summed E-state index contributed by atoms with van der Waals surface area (Å²) in [6.07, 6.45) is 0. The Kier molecular flexibility index (Phi) is 3.36. The minimum absolute atomic E-state index is 0.352. The minimum atomic E-state index is -0.352. The van der Waals surface area contributed by atoms with Gasteiger partial charge in [0, 0.05) is 29.8 Å². The smallest absolute Gasteiger partial charge is 0.344 e. The molecule has 0 bridgehead atoms. The molecule has 0 saturated heterocycles. The second kappa shape index (κ2) is 5.32. The molecule has 106 valence electrons. The van der Waals surface area contributed by atoms with Gasteiger partial charge in [0.1, 0.15) is 11.3 Å². The molecular weight excluding hydrogens is 266 g/mol. The van der Waals surface area contributed by atoms with Gasteiger partial charge in [-0.1, -0.05) is 18.2 Å². The van der Waals surface area contributed by atoms with Crippen molar-refractivity contribution < 1.29 is 9.15 Å². The molecule has 0 atom stereocenters. The molecule has 21 heavy (non-hydrogen) atoms. The number of anilines is 1. The van der Waals surface area contributed by atoms with E-state index in [1.54, 1.807) is 20.2 Å². The van der Waals surface area contributed by atoms with E-state index in [1.165, 1.54) is 0 Å². The van der Waals surface area contributed by atoms with E-state index in [9.17, 15) is 4.79 Å². The second-order valence-corrected chi connectivity index (χ2v) is 4.65. The van der Waals surface area contributed by atoms with Gasteiger partial charge in [-0.25, -0.2) is 4.79 Å². The van der Waals surface area contributed by atoms with Crippen LogP contribution in [-0.4, -0.2) is 14.2 Å². The van der Waals surface area contributed by atoms with E-state index in [0.717, 1.165) is 22.4 Å². The summed E-state index contributed by atoms with van der Waals surface area (Å²) >= 11 is 0. The van der Waals surface area contributed by atoms with Crippen LogP contribution in [0, 0.1) is 0 Å². The van der Waals surface area contributed by atoms with Crippen molar-refractivity contribution in [2.75, 3.05) is 19.5 Å². The van der Waals surface area contributed by atoms with E-state index in [0.29, 0.717) is 11.1 Å². The molecule has 0 saturated carbocycles. The number of rotatable bonds is 3. The topological polar surface area (TPSA) is 51.5 Å². The fourth-order valence-corrected chi connectivity index (χ4v) is 2.34. The molecule has 0 aliphatic carbocycles. The Balaban J connectivity index is 2.24. The van der Waals surface area contributed by atoms with Crippen molar-refractivity contribution in [1.29, 1.82) is 0 Å². The van der Waals surface area contributed by atoms with Gasteiger partial charge in [0.2, 0.25) is 0 Å². The predicted octanol–water partition coefficient (Wildman–Crippen LogP) is 3.51. The van der Waals surface area contributed by atoms with Gasteiger partial charge >= 0.3 is 5.63 Å². The number of hydrogen-bond donors (Lipinski definition) is 1. The maximum atomic E-state index is 12.2. The van der Waals surface area contributed by atoms with Crippen LogP contribution >= 0.6 is 0 Å². The zero-order valence-corrected chi connectivity index (χ0v) is 11.8. The number of benzene rings is 2. The van der Waals surface area contributed by atoms with Crippen molar-refractivity contribution in [3.8, 4) is 16.9 Å². The first-order valence-electron chi connectivity index (χ1n) is 6.62. The van der Waals surface area contributed by atoms with Crippen molar-refractivity contribution >= 4 is 16.7 Å². The maximum Gasteiger partial charge on any atom is 0.344 e. The molecule has 4 heteroatoms. The average Bonchev–Trinajstić information content (AvgIpc) is 2.53. The Labute approximate surface area is 122 Å². The van der Waals surface area contributed by atoms with Crippen LogP contribution in [0.25, 0.3) is 22.1 Å². The summed E-state index contributed by atoms with van der Waals surface area (Å²) in [5.74, 6) is 0.730. The number of methoxy groups -OCH3 is 1. The lowest BCUT2D eigenvalue weighted by Crippen LogP contribution is -2.04. The first-order chi connectivity index (χ1) is 10.2. The highest BCUT2D eigenvalue weighted by atomic mass is 16.5. The van der Waals surface area contributed by atoms with Crippen LogP contribution in [0.5, 0.6) is 5.75 Å². The summed E-state index contributed by atoms with van der Waals surface area (Å²) in [4.78, 5) is 12.2. The molecular formula is C17H15NO3. The summed E-state index contributed by atoms with van der Waals surface area (Å²) in [5.41, 5.74) is 2.37. The van der Waals surface area contributed by atoms with E-state index in [-0.39, 0.29) is 5.63 Å². The molecule has 0 aliphatic rings. The standard InChI is InChI=1S/C17H15NO3/c1-18-15-10-12(20-2)7-8-13(15)14-9-11-5-3-4-6-16(11)21-17(14)19/h3-10,18H,1-2H3. The van der Waals surface area contributed by atoms with E-state index < -0.39 is 0 Å². The molecule has 1 N–H and O–H groups in total. The molecule has 0 unspecified atom stereocenters. The molecule has 0 aliphatic heterocycles. The normalized spacial score (nSPS) is 10.6. The largest absolute Gasteiger partial charge is 0.497 e. The molecule has 1 aromatic heterocycles. The second-order valence-electron chi connectivity index (χ2n) is 4.65. The van der Waals surface area contributed by atoms with Crippen LogP contribution in [-0.2, 0) is 0 Å². The van der Waals surface area contributed by atoms with Crippen molar-refractivity contribution in [2.45, 2.75) is 0 Å². The van der Waals surface area contributed by atoms with Crippen LogP contribution in [0.1, 0.15) is 0 Å². The molecule has 1 heterocycles. The monoisotopic (exact) mass is 281 g/mol. The fourth-order valence-electron chi connectivity index (χ4n) is 2.34. The Morgan fingerprint density at radius 1 is 1.05 bits per heavy atom. The highest BCUT2D eigenvalue weighted by molar-refractivity contribution is 5.85. The highest BCUT2D eigenvalue weighted by Crippen LogP contribution is 2.30. The van der Waals surface area contributed by atoms with Crippen LogP contribution in [0.15, 0.2) is 57.7 Å². The molecule has 3 aromatic rings. The molecule has 4 nitrogen and oxygen atoms in total. The summed E-state index contributed by atoms with van der Waals surface area (Å²) < 4.78 is 10.6. The van der Waals surface area contributed by atoms with E-state index in [1.807, 2.05) is 42.5 Å². The summed E-state index contributed by atoms with van der Waals surface area (Å²) in [6.45, 7) is 0. The van der Waals surface area contributed by atoms with Crippen LogP contribution in [0.3, 0.4) is 0 Å². The number of nitrogens with one attached hydrogen (secondary N) is 1. The number of fused-ring (bicyclic) bond motifs is 1. The Morgan fingerprint density at radius 3 is 2.62 bits per heavy atom. The summed E-state index contributed by atoms with van der Waals surface area (Å²) in [6, 6.07) is 14.8. The van der Waals surface area contributed by atoms with Crippen molar-refractivity contribution in [3.63, 3.8) is 0 Å². The third kappa shape index (κ3) is 2.36. The zero-order chi connectivity index (χ0) is 14.8. The Morgan fingerprint density at radius 2 is 1.86 bits per heavy atom. The summed E-state index contributed by atoms with van der Waals surface area (Å²) in [7, 11) is 3.42. The van der Waals surface area contributed by atoms with Gasteiger partial charge in [-0.05, 0) is 24.3 Å². The predicted molar refractivity (Wildman–Crippen MR) is 84.0 cm³/mol. The first-order valence-corrected chi connectivity index (χ1v) is 6.62. The maximum absolute atomic E-state index is 12.2. The van der Waals surface area contributed by atoms with Crippen LogP contribution in [0.4, 0.5) is 5.69 Å². The van der Waals surface area contributed by atoms with Gasteiger partial charge in [-0.15, -0.1) is 0 Å². The van der Waals surface area contributed by atoms with Crippen molar-refractivity contribution in [1.82, 2.24) is 0 Å². The van der Waals surface area contributed by atoms with Gasteiger partial charge in [0.25, 0.3) is 0 Å². The minimum Gasteiger partial charge on any atom is -0.497 e. The van der Waals surface area contributed by atoms with E-state index in [2.05, 4.69) is 5.32 Å². The summed E-state index contributed by atoms with van der Waals surface area (Å²) in [5, 5.41) is 3.98. The third-order valence-corrected chi connectivity index (χ3v) is 3.43. The molecule has 0 radical (unpaired) electrons. The van der Waals surface area contributed by atoms with Gasteiger partial charge < -0.3 is 14.5 Å². The number of hydrogen-bond acceptors (Lipinski definition) is 4. The first kappa shape index (κ1) is 13.2. The lowest BCUT2D eigenvalue weighted by Gasteiger charge is -2.10. The molecule has 0 spiro atoms. The van der Waals surface area contributed by atoms with Crippen molar-refractivity contribution in [2.24, 2.45) is 0 Å². The lowest BCUT2D eigenvalue weighted by atomic mass is 10.0. The average molecular weight is 281 g/mol. The Hall–Kier alpha value is -2.75. The SMILES string of the molecule is CNc1cc(OC)ccc1-c1cc2ccccc2oc1=O. The third-order valence-electron chi connectivity index (χ3n) is 3.43. The van der Waals surface area contributed by atoms with Gasteiger partial charge in [-0.3, -0.25) is 0 Å². The number of ether oxygens (including phenoxy) is 1. The lowest BCUT2D eigenvalue weighted by molar-refractivity contribution is 0.415. The highest BCUT2D eigenvalue weighted by Gasteiger charge is 2.12. The zero-order valence-electron chi connectivity index (χ0n) is 11.8. The Bertz CT molecular complexity index is 852. The van der Waals surface area contributed by atoms with E-state index in [4.69, 9.17) is 9.15 Å². The van der Waals surface area contributed by atoms with Crippen molar-refractivity contribution in [3.05, 3.63) is 59.0 Å². The molecule has 0 fully saturated rings. The van der Waals surface area contributed by atoms with Gasteiger partial charge in [0.15, 0.2) is 0 Å². The molecule has 2 aromatic carbocycles. The van der Waals surface area contributed by atoms with Gasteiger partial charge in [0.05, 0.1) is 12.7 Å².